The fourth-order valence-electron chi connectivity index (χ4n) is 1.87. The zero-order valence-electron chi connectivity index (χ0n) is 11.2. The number of nitriles is 2. The van der Waals surface area contributed by atoms with Gasteiger partial charge in [0.2, 0.25) is 0 Å². The predicted molar refractivity (Wildman–Crippen MR) is 76.3 cm³/mol. The topological polar surface area (TPSA) is 103 Å². The molecule has 0 radical (unpaired) electrons. The van der Waals surface area contributed by atoms with Gasteiger partial charge in [-0.2, -0.15) is 10.5 Å². The first kappa shape index (κ1) is 14.9. The van der Waals surface area contributed by atoms with Gasteiger partial charge in [0.05, 0.1) is 16.6 Å². The number of halogens is 1. The van der Waals surface area contributed by atoms with Gasteiger partial charge in [-0.05, 0) is 30.3 Å². The van der Waals surface area contributed by atoms with Gasteiger partial charge in [-0.15, -0.1) is 0 Å². The fraction of sp³-hybridized carbons (Fsp3) is 0.0667. The van der Waals surface area contributed by atoms with Gasteiger partial charge in [0.15, 0.2) is 0 Å². The Labute approximate surface area is 125 Å². The predicted octanol–water partition coefficient (Wildman–Crippen LogP) is 3.09. The maximum absolute atomic E-state index is 13.6. The largest absolute Gasteiger partial charge is 0.381 e. The quantitative estimate of drug-likeness (QED) is 0.689. The molecule has 108 valence electrons. The summed E-state index contributed by atoms with van der Waals surface area (Å²) in [6, 6.07) is 11.6. The summed E-state index contributed by atoms with van der Waals surface area (Å²) in [6.45, 7) is 0.0873. The summed E-state index contributed by atoms with van der Waals surface area (Å²) in [5.41, 5.74) is 0.700. The van der Waals surface area contributed by atoms with E-state index in [0.29, 0.717) is 11.3 Å². The number of hydrogen-bond acceptors (Lipinski definition) is 5. The van der Waals surface area contributed by atoms with Crippen molar-refractivity contribution in [2.24, 2.45) is 0 Å². The number of nitro groups is 1. The molecule has 2 aromatic carbocycles. The van der Waals surface area contributed by atoms with Gasteiger partial charge in [-0.1, -0.05) is 0 Å². The van der Waals surface area contributed by atoms with Crippen molar-refractivity contribution < 1.29 is 9.31 Å². The van der Waals surface area contributed by atoms with Crippen LogP contribution in [-0.2, 0) is 6.54 Å². The van der Waals surface area contributed by atoms with Gasteiger partial charge in [0, 0.05) is 23.9 Å². The van der Waals surface area contributed by atoms with E-state index >= 15 is 0 Å². The monoisotopic (exact) mass is 296 g/mol. The highest BCUT2D eigenvalue weighted by Gasteiger charge is 2.13. The number of anilines is 1. The Balaban J connectivity index is 2.21. The first-order valence-electron chi connectivity index (χ1n) is 6.16. The molecule has 1 N–H and O–H groups in total. The van der Waals surface area contributed by atoms with E-state index in [2.05, 4.69) is 5.32 Å². The molecule has 0 aliphatic carbocycles. The average Bonchev–Trinajstić information content (AvgIpc) is 2.53. The summed E-state index contributed by atoms with van der Waals surface area (Å²) in [7, 11) is 0. The highest BCUT2D eigenvalue weighted by atomic mass is 19.1. The maximum Gasteiger partial charge on any atom is 0.287 e. The lowest BCUT2D eigenvalue weighted by Gasteiger charge is -2.08. The van der Waals surface area contributed by atoms with Crippen molar-refractivity contribution in [3.8, 4) is 12.1 Å². The minimum atomic E-state index is -0.640. The van der Waals surface area contributed by atoms with Crippen LogP contribution in [0.4, 0.5) is 15.8 Å². The second-order valence-corrected chi connectivity index (χ2v) is 4.37. The highest BCUT2D eigenvalue weighted by molar-refractivity contribution is 5.58. The molecule has 0 saturated heterocycles. The molecule has 0 amide bonds. The average molecular weight is 296 g/mol. The molecule has 0 aliphatic rings. The lowest BCUT2D eigenvalue weighted by atomic mass is 10.1. The summed E-state index contributed by atoms with van der Waals surface area (Å²) < 4.78 is 13.6. The first-order chi connectivity index (χ1) is 10.5. The molecule has 0 unspecified atom stereocenters. The highest BCUT2D eigenvalue weighted by Crippen LogP contribution is 2.22. The number of benzene rings is 2. The Bertz CT molecular complexity index is 821. The van der Waals surface area contributed by atoms with E-state index in [4.69, 9.17) is 10.5 Å². The van der Waals surface area contributed by atoms with Crippen molar-refractivity contribution in [2.75, 3.05) is 5.32 Å². The Morgan fingerprint density at radius 1 is 1.18 bits per heavy atom. The van der Waals surface area contributed by atoms with Crippen molar-refractivity contribution in [1.82, 2.24) is 0 Å². The number of rotatable bonds is 4. The van der Waals surface area contributed by atoms with Crippen LogP contribution in [0.3, 0.4) is 0 Å². The number of nitrogens with zero attached hydrogens (tertiary/aromatic N) is 3. The number of nitrogens with one attached hydrogen (secondary N) is 1. The molecule has 0 heterocycles. The van der Waals surface area contributed by atoms with E-state index in [1.54, 1.807) is 6.07 Å². The third kappa shape index (κ3) is 3.17. The van der Waals surface area contributed by atoms with Crippen LogP contribution in [0, 0.1) is 38.6 Å². The van der Waals surface area contributed by atoms with Crippen LogP contribution in [0.15, 0.2) is 36.4 Å². The molecule has 0 spiro atoms. The van der Waals surface area contributed by atoms with Crippen molar-refractivity contribution in [2.45, 2.75) is 6.54 Å². The van der Waals surface area contributed by atoms with E-state index in [1.807, 2.05) is 6.07 Å². The maximum atomic E-state index is 13.6. The summed E-state index contributed by atoms with van der Waals surface area (Å²) in [5.74, 6) is -0.464. The van der Waals surface area contributed by atoms with Crippen LogP contribution in [0.1, 0.15) is 16.7 Å². The molecule has 0 fully saturated rings. The first-order valence-corrected chi connectivity index (χ1v) is 6.16. The Morgan fingerprint density at radius 2 is 1.95 bits per heavy atom. The normalized spacial score (nSPS) is 9.59. The summed E-state index contributed by atoms with van der Waals surface area (Å²) in [5, 5.41) is 31.3. The molecule has 0 aliphatic heterocycles. The second kappa shape index (κ2) is 6.33. The molecule has 0 bridgehead atoms. The van der Waals surface area contributed by atoms with Gasteiger partial charge in [0.25, 0.3) is 5.69 Å². The van der Waals surface area contributed by atoms with Crippen LogP contribution in [0.25, 0.3) is 0 Å². The molecule has 7 heteroatoms. The Hall–Kier alpha value is -3.45. The van der Waals surface area contributed by atoms with Crippen molar-refractivity contribution in [1.29, 1.82) is 10.5 Å². The second-order valence-electron chi connectivity index (χ2n) is 4.37. The van der Waals surface area contributed by atoms with Gasteiger partial charge in [-0.25, -0.2) is 4.39 Å². The van der Waals surface area contributed by atoms with Crippen LogP contribution >= 0.6 is 0 Å². The third-order valence-electron chi connectivity index (χ3n) is 2.97. The fourth-order valence-corrected chi connectivity index (χ4v) is 1.87. The molecule has 0 saturated carbocycles. The summed E-state index contributed by atoms with van der Waals surface area (Å²) >= 11 is 0. The zero-order chi connectivity index (χ0) is 16.1. The van der Waals surface area contributed by atoms with E-state index < -0.39 is 10.7 Å². The lowest BCUT2D eigenvalue weighted by molar-refractivity contribution is -0.385. The molecular formula is C15H9FN4O2. The van der Waals surface area contributed by atoms with E-state index in [0.717, 1.165) is 0 Å². The summed E-state index contributed by atoms with van der Waals surface area (Å²) in [4.78, 5) is 10.1. The standard InChI is InChI=1S/C15H9FN4O2/c16-14-3-1-10(7-17)5-12(14)9-19-13-2-4-15(20(21)22)11(6-13)8-18/h1-6,19H,9H2. The molecule has 2 rings (SSSR count). The molecule has 2 aromatic rings. The van der Waals surface area contributed by atoms with Crippen molar-refractivity contribution in [3.05, 3.63) is 69.0 Å². The van der Waals surface area contributed by atoms with Gasteiger partial charge in [-0.3, -0.25) is 10.1 Å². The van der Waals surface area contributed by atoms with E-state index in [9.17, 15) is 14.5 Å². The number of hydrogen-bond donors (Lipinski definition) is 1. The molecule has 22 heavy (non-hydrogen) atoms. The SMILES string of the molecule is N#Cc1ccc(F)c(CNc2ccc([N+](=O)[O-])c(C#N)c2)c1. The number of nitro benzene ring substituents is 1. The Kier molecular flexibility index (Phi) is 4.30. The van der Waals surface area contributed by atoms with Gasteiger partial charge < -0.3 is 5.32 Å². The molecule has 6 nitrogen and oxygen atoms in total. The van der Waals surface area contributed by atoms with Crippen LogP contribution in [0.2, 0.25) is 0 Å². The van der Waals surface area contributed by atoms with Gasteiger partial charge >= 0.3 is 0 Å². The molecule has 0 atom stereocenters. The third-order valence-corrected chi connectivity index (χ3v) is 2.97. The summed E-state index contributed by atoms with van der Waals surface area (Å²) in [6.07, 6.45) is 0. The van der Waals surface area contributed by atoms with E-state index in [-0.39, 0.29) is 23.4 Å². The van der Waals surface area contributed by atoms with Crippen LogP contribution < -0.4 is 5.32 Å². The molecule has 0 aromatic heterocycles. The Morgan fingerprint density at radius 3 is 2.59 bits per heavy atom. The van der Waals surface area contributed by atoms with Crippen LogP contribution in [-0.4, -0.2) is 4.92 Å². The smallest absolute Gasteiger partial charge is 0.287 e. The lowest BCUT2D eigenvalue weighted by Crippen LogP contribution is -2.03. The van der Waals surface area contributed by atoms with Crippen LogP contribution in [0.5, 0.6) is 0 Å². The minimum absolute atomic E-state index is 0.0822. The van der Waals surface area contributed by atoms with Crippen molar-refractivity contribution >= 4 is 11.4 Å². The minimum Gasteiger partial charge on any atom is -0.381 e. The molecular weight excluding hydrogens is 287 g/mol. The zero-order valence-corrected chi connectivity index (χ0v) is 11.2. The van der Waals surface area contributed by atoms with E-state index in [1.165, 1.54) is 36.4 Å². The van der Waals surface area contributed by atoms with Crippen molar-refractivity contribution in [3.63, 3.8) is 0 Å². The van der Waals surface area contributed by atoms with Gasteiger partial charge in [0.1, 0.15) is 17.4 Å².